The molecule has 0 aliphatic rings. The summed E-state index contributed by atoms with van der Waals surface area (Å²) in [5, 5.41) is 5.75. The Morgan fingerprint density at radius 3 is 0.939 bits per heavy atom. The van der Waals surface area contributed by atoms with Gasteiger partial charge in [0.1, 0.15) is 11.6 Å². The number of hydrogen-bond donors (Lipinski definition) is 2. The highest BCUT2D eigenvalue weighted by molar-refractivity contribution is 5.94. The van der Waals surface area contributed by atoms with Crippen LogP contribution in [0.2, 0.25) is 0 Å². The molecule has 2 amide bonds. The molecule has 546 valence electrons. The van der Waals surface area contributed by atoms with Crippen molar-refractivity contribution < 1.29 is 14.4 Å². The molecule has 4 aromatic carbocycles. The summed E-state index contributed by atoms with van der Waals surface area (Å²) >= 11 is 0. The van der Waals surface area contributed by atoms with E-state index in [0.717, 1.165) is 30.6 Å². The summed E-state index contributed by atoms with van der Waals surface area (Å²) in [4.78, 5) is 44.2. The van der Waals surface area contributed by atoms with Gasteiger partial charge in [0, 0.05) is 46.4 Å². The minimum atomic E-state index is -0.397. The molecule has 2 heterocycles. The standard InChI is InChI=1S/C16H25NO.C16H26.C15H24N2O.C15H23NO.C15H24.C14H22/c1-15(2,3)11-12-7-9-13(10-8-12)17-14(18)16(4,5)6;1-15(2,3)12-11-13-7-9-14(10-8-13)16(4,5)6;1-14(2,3)9-11-7-8-12(16-10-11)17-13(18)15(4,5)6;1-14(2,3)11-7-8-16-12(9-11)10-13(17)15(4,5)6;1-14(2,3)11-12-7-9-13(10-8-12)15(4,5)6;1-13(2,3)11-7-9-12(10-8-11)14(4,5)6/h7-10H,11H2,1-6H3,(H,17,18);7-10H,11-12H2,1-6H3;7-8,10H,9H2,1-6H3,(H,16,17,18);7-9H,10H2,1-6H3;7-10H,11H2,1-6H3;7-10H,1-6H3. The quantitative estimate of drug-likeness (QED) is 0.150. The van der Waals surface area contributed by atoms with Gasteiger partial charge >= 0.3 is 0 Å². The molecule has 0 atom stereocenters. The Morgan fingerprint density at radius 2 is 0.633 bits per heavy atom. The predicted molar refractivity (Wildman–Crippen MR) is 429 cm³/mol. The van der Waals surface area contributed by atoms with Crippen molar-refractivity contribution >= 4 is 29.1 Å². The summed E-state index contributed by atoms with van der Waals surface area (Å²) in [5.74, 6) is 0.883. The number of pyridine rings is 2. The number of aryl methyl sites for hydroxylation is 1. The lowest BCUT2D eigenvalue weighted by Gasteiger charge is -2.23. The normalized spacial score (nSPS) is 12.7. The first-order chi connectivity index (χ1) is 43.8. The van der Waals surface area contributed by atoms with Gasteiger partial charge in [0.15, 0.2) is 0 Å². The number of Topliss-reactive ketones (excluding diaryl/α,β-unsaturated/α-hetero) is 1. The van der Waals surface area contributed by atoms with Crippen molar-refractivity contribution in [2.45, 2.75) is 315 Å². The van der Waals surface area contributed by atoms with Crippen LogP contribution in [0.5, 0.6) is 0 Å². The van der Waals surface area contributed by atoms with Crippen LogP contribution in [0.4, 0.5) is 11.5 Å². The number of amides is 2. The maximum Gasteiger partial charge on any atom is 0.230 e. The van der Waals surface area contributed by atoms with E-state index >= 15 is 0 Å². The second kappa shape index (κ2) is 35.9. The van der Waals surface area contributed by atoms with Gasteiger partial charge in [-0.1, -0.05) is 340 Å². The van der Waals surface area contributed by atoms with Crippen LogP contribution in [0, 0.1) is 37.9 Å². The SMILES string of the molecule is CC(C)(C)C(=O)Cc1cc(C(C)(C)C)ccn1.CC(C)(C)CCc1ccc(C(C)(C)C)cc1.CC(C)(C)Cc1ccc(C(C)(C)C)cc1.CC(C)(C)Cc1ccc(NC(=O)C(C)(C)C)cc1.CC(C)(C)Cc1ccc(NC(=O)C(C)(C)C)nc1.CC(C)(C)c1ccc(C(C)(C)C)cc1. The Kier molecular flexibility index (Phi) is 32.9. The van der Waals surface area contributed by atoms with E-state index in [1.165, 1.54) is 62.9 Å². The van der Waals surface area contributed by atoms with Crippen molar-refractivity contribution in [3.8, 4) is 0 Å². The molecule has 6 rings (SSSR count). The Morgan fingerprint density at radius 1 is 0.316 bits per heavy atom. The zero-order valence-corrected chi connectivity index (χ0v) is 69.6. The maximum absolute atomic E-state index is 12.0. The first kappa shape index (κ1) is 89.8. The number of benzene rings is 4. The van der Waals surface area contributed by atoms with Crippen molar-refractivity contribution in [1.82, 2.24) is 9.97 Å². The average molecular weight is 1340 g/mol. The summed E-state index contributed by atoms with van der Waals surface area (Å²) in [6, 6.07) is 43.3. The third-order valence-electron chi connectivity index (χ3n) is 16.1. The lowest BCUT2D eigenvalue weighted by molar-refractivity contribution is -0.125. The molecule has 0 aliphatic heterocycles. The van der Waals surface area contributed by atoms with Gasteiger partial charge < -0.3 is 10.6 Å². The molecule has 0 fully saturated rings. The summed E-state index contributed by atoms with van der Waals surface area (Å²) in [7, 11) is 0. The number of carbonyl (C=O) groups excluding carboxylic acids is 3. The van der Waals surface area contributed by atoms with E-state index in [4.69, 9.17) is 0 Å². The van der Waals surface area contributed by atoms with Crippen molar-refractivity contribution in [2.24, 2.45) is 37.9 Å². The number of aromatic nitrogens is 2. The number of anilines is 2. The van der Waals surface area contributed by atoms with Crippen molar-refractivity contribution in [3.63, 3.8) is 0 Å². The van der Waals surface area contributed by atoms with Gasteiger partial charge in [0.2, 0.25) is 11.8 Å². The molecular formula is C91H144N4O3. The lowest BCUT2D eigenvalue weighted by Crippen LogP contribution is -2.28. The summed E-state index contributed by atoms with van der Waals surface area (Å²) in [6.45, 7) is 77.8. The molecule has 6 aromatic rings. The maximum atomic E-state index is 12.0. The highest BCUT2D eigenvalue weighted by Gasteiger charge is 2.26. The predicted octanol–water partition coefficient (Wildman–Crippen LogP) is 25.3. The van der Waals surface area contributed by atoms with E-state index in [1.807, 2.05) is 105 Å². The van der Waals surface area contributed by atoms with Crippen molar-refractivity contribution in [3.05, 3.63) is 189 Å². The van der Waals surface area contributed by atoms with Crippen LogP contribution in [-0.2, 0) is 73.6 Å². The summed E-state index contributed by atoms with van der Waals surface area (Å²) in [5.41, 5.74) is 15.5. The zero-order chi connectivity index (χ0) is 76.3. The number of rotatable bonds is 9. The topological polar surface area (TPSA) is 101 Å². The summed E-state index contributed by atoms with van der Waals surface area (Å²) < 4.78 is 0. The van der Waals surface area contributed by atoms with Crippen LogP contribution in [0.3, 0.4) is 0 Å². The van der Waals surface area contributed by atoms with Crippen LogP contribution < -0.4 is 10.6 Å². The van der Waals surface area contributed by atoms with E-state index in [0.29, 0.717) is 23.1 Å². The Bertz CT molecular complexity index is 3200. The van der Waals surface area contributed by atoms with Crippen LogP contribution in [0.25, 0.3) is 0 Å². The van der Waals surface area contributed by atoms with Crippen LogP contribution in [0.1, 0.15) is 311 Å². The molecule has 0 radical (unpaired) electrons. The number of ketones is 1. The highest BCUT2D eigenvalue weighted by Crippen LogP contribution is 2.31. The first-order valence-electron chi connectivity index (χ1n) is 36.3. The van der Waals surface area contributed by atoms with E-state index in [2.05, 4.69) is 292 Å². The molecule has 0 unspecified atom stereocenters. The van der Waals surface area contributed by atoms with Crippen molar-refractivity contribution in [1.29, 1.82) is 0 Å². The van der Waals surface area contributed by atoms with E-state index in [-0.39, 0.29) is 66.3 Å². The van der Waals surface area contributed by atoms with Gasteiger partial charge in [-0.3, -0.25) is 19.4 Å². The first-order valence-corrected chi connectivity index (χ1v) is 36.3. The van der Waals surface area contributed by atoms with Crippen molar-refractivity contribution in [2.75, 3.05) is 10.6 Å². The zero-order valence-electron chi connectivity index (χ0n) is 69.6. The highest BCUT2D eigenvalue weighted by atomic mass is 16.2. The molecule has 0 spiro atoms. The Labute approximate surface area is 603 Å². The number of carbonyl (C=O) groups is 3. The van der Waals surface area contributed by atoms with E-state index in [1.54, 1.807) is 6.20 Å². The minimum Gasteiger partial charge on any atom is -0.326 e. The van der Waals surface area contributed by atoms with E-state index < -0.39 is 5.41 Å². The van der Waals surface area contributed by atoms with Crippen LogP contribution in [-0.4, -0.2) is 27.6 Å². The monoisotopic (exact) mass is 1340 g/mol. The second-order valence-corrected chi connectivity index (χ2v) is 40.5. The third-order valence-corrected chi connectivity index (χ3v) is 16.1. The van der Waals surface area contributed by atoms with Gasteiger partial charge in [-0.2, -0.15) is 0 Å². The van der Waals surface area contributed by atoms with Gasteiger partial charge in [-0.05, 0) is 161 Å². The number of hydrogen-bond acceptors (Lipinski definition) is 5. The molecule has 0 saturated heterocycles. The van der Waals surface area contributed by atoms with Crippen LogP contribution in [0.15, 0.2) is 134 Å². The second-order valence-electron chi connectivity index (χ2n) is 40.5. The molecule has 7 heteroatoms. The van der Waals surface area contributed by atoms with E-state index in [9.17, 15) is 14.4 Å². The van der Waals surface area contributed by atoms with Gasteiger partial charge in [-0.25, -0.2) is 4.98 Å². The Hall–Kier alpha value is -6.21. The average Bonchev–Trinajstić information content (AvgIpc) is 0.883. The molecule has 0 aliphatic carbocycles. The molecule has 0 bridgehead atoms. The fourth-order valence-corrected chi connectivity index (χ4v) is 9.52. The van der Waals surface area contributed by atoms with Crippen LogP contribution >= 0.6 is 0 Å². The smallest absolute Gasteiger partial charge is 0.230 e. The van der Waals surface area contributed by atoms with Gasteiger partial charge in [0.25, 0.3) is 0 Å². The lowest BCUT2D eigenvalue weighted by atomic mass is 9.82. The molecule has 0 saturated carbocycles. The molecule has 2 aromatic heterocycles. The molecule has 2 N–H and O–H groups in total. The molecule has 7 nitrogen and oxygen atoms in total. The third kappa shape index (κ3) is 39.0. The summed E-state index contributed by atoms with van der Waals surface area (Å²) in [6.07, 6.45) is 9.67. The van der Waals surface area contributed by atoms with Gasteiger partial charge in [0.05, 0.1) is 0 Å². The fraction of sp³-hybridized carbons (Fsp3) is 0.593. The minimum absolute atomic E-state index is 0.0152. The van der Waals surface area contributed by atoms with Gasteiger partial charge in [-0.15, -0.1) is 0 Å². The fourth-order valence-electron chi connectivity index (χ4n) is 9.52. The number of nitrogens with zero attached hydrogens (tertiary/aromatic N) is 2. The Balaban J connectivity index is 0.000000589. The molecule has 98 heavy (non-hydrogen) atoms. The number of nitrogens with one attached hydrogen (secondary N) is 2. The largest absolute Gasteiger partial charge is 0.326 e. The molecular weight excluding hydrogens is 1200 g/mol.